The van der Waals surface area contributed by atoms with Gasteiger partial charge in [0, 0.05) is 27.4 Å². The van der Waals surface area contributed by atoms with Crippen LogP contribution in [0.4, 0.5) is 11.4 Å². The molecule has 1 spiro atoms. The maximum Gasteiger partial charge on any atom is 0.238 e. The van der Waals surface area contributed by atoms with Gasteiger partial charge in [-0.2, -0.15) is 0 Å². The fourth-order valence-corrected chi connectivity index (χ4v) is 7.37. The fourth-order valence-electron chi connectivity index (χ4n) is 7.19. The van der Waals surface area contributed by atoms with Crippen LogP contribution >= 0.6 is 11.6 Å². The largest absolute Gasteiger partial charge is 0.352 e. The number of carbonyl (C=O) groups excluding carboxylic acids is 3. The Kier molecular flexibility index (Phi) is 7.13. The molecule has 0 aliphatic carbocycles. The molecule has 3 aromatic carbocycles. The first-order valence-electron chi connectivity index (χ1n) is 14.9. The number of rotatable bonds is 7. The summed E-state index contributed by atoms with van der Waals surface area (Å²) in [7, 11) is 0. The molecule has 4 atom stereocenters. The number of hydrogen-bond acceptors (Lipinski definition) is 4. The Morgan fingerprint density at radius 2 is 1.74 bits per heavy atom. The van der Waals surface area contributed by atoms with Gasteiger partial charge in [0.1, 0.15) is 11.5 Å². The number of fused-ring (bicyclic) bond motifs is 6. The molecule has 0 radical (unpaired) electrons. The van der Waals surface area contributed by atoms with Gasteiger partial charge in [0.15, 0.2) is 11.6 Å². The molecule has 1 amide bonds. The monoisotopic (exact) mass is 580 g/mol. The minimum atomic E-state index is -1.30. The lowest BCUT2D eigenvalue weighted by Crippen LogP contribution is -2.51. The van der Waals surface area contributed by atoms with Crippen LogP contribution in [0.15, 0.2) is 72.8 Å². The lowest BCUT2D eigenvalue weighted by atomic mass is 9.63. The van der Waals surface area contributed by atoms with Crippen molar-refractivity contribution in [3.63, 3.8) is 0 Å². The third-order valence-corrected chi connectivity index (χ3v) is 9.43. The molecule has 6 rings (SSSR count). The van der Waals surface area contributed by atoms with Crippen molar-refractivity contribution >= 4 is 46.5 Å². The third kappa shape index (κ3) is 4.32. The van der Waals surface area contributed by atoms with Gasteiger partial charge in [-0.05, 0) is 53.8 Å². The van der Waals surface area contributed by atoms with Gasteiger partial charge < -0.3 is 10.2 Å². The molecule has 0 aromatic heterocycles. The lowest BCUT2D eigenvalue weighted by Gasteiger charge is -2.38. The van der Waals surface area contributed by atoms with E-state index >= 15 is 0 Å². The summed E-state index contributed by atoms with van der Waals surface area (Å²) >= 11 is 6.38. The summed E-state index contributed by atoms with van der Waals surface area (Å²) < 4.78 is 0. The summed E-state index contributed by atoms with van der Waals surface area (Å²) in [6.45, 7) is 7.83. The van der Waals surface area contributed by atoms with E-state index < -0.39 is 28.8 Å². The maximum absolute atomic E-state index is 14.9. The van der Waals surface area contributed by atoms with Gasteiger partial charge in [-0.3, -0.25) is 14.4 Å². The fraction of sp³-hybridized carbons (Fsp3) is 0.361. The van der Waals surface area contributed by atoms with Crippen LogP contribution in [-0.4, -0.2) is 29.6 Å². The van der Waals surface area contributed by atoms with Crippen molar-refractivity contribution in [2.75, 3.05) is 10.2 Å². The zero-order valence-electron chi connectivity index (χ0n) is 24.6. The van der Waals surface area contributed by atoms with E-state index in [0.717, 1.165) is 42.5 Å². The molecule has 5 nitrogen and oxygen atoms in total. The molecule has 42 heavy (non-hydrogen) atoms. The van der Waals surface area contributed by atoms with Crippen LogP contribution in [0.25, 0.3) is 6.08 Å². The van der Waals surface area contributed by atoms with Crippen LogP contribution < -0.4 is 10.2 Å². The third-order valence-electron chi connectivity index (χ3n) is 9.19. The van der Waals surface area contributed by atoms with Crippen molar-refractivity contribution in [3.8, 4) is 0 Å². The molecular formula is C36H37ClN2O3. The molecule has 0 saturated carbocycles. The van der Waals surface area contributed by atoms with Gasteiger partial charge in [0.2, 0.25) is 5.91 Å². The zero-order chi connectivity index (χ0) is 29.8. The van der Waals surface area contributed by atoms with E-state index in [9.17, 15) is 14.4 Å². The van der Waals surface area contributed by atoms with Gasteiger partial charge in [-0.1, -0.05) is 107 Å². The number of nitrogens with zero attached hydrogens (tertiary/aromatic N) is 1. The number of anilines is 2. The van der Waals surface area contributed by atoms with Crippen LogP contribution in [0.5, 0.6) is 0 Å². The van der Waals surface area contributed by atoms with Gasteiger partial charge in [-0.15, -0.1) is 0 Å². The number of unbranched alkanes of at least 4 members (excludes halogenated alkanes) is 2. The predicted molar refractivity (Wildman–Crippen MR) is 169 cm³/mol. The normalized spacial score (nSPS) is 23.9. The zero-order valence-corrected chi connectivity index (χ0v) is 25.4. The van der Waals surface area contributed by atoms with E-state index in [1.807, 2.05) is 98.5 Å². The molecule has 3 aliphatic rings. The first-order valence-corrected chi connectivity index (χ1v) is 15.3. The lowest BCUT2D eigenvalue weighted by molar-refractivity contribution is -0.128. The number of benzene rings is 3. The molecule has 1 fully saturated rings. The van der Waals surface area contributed by atoms with E-state index in [4.69, 9.17) is 11.6 Å². The number of carbonyl (C=O) groups is 3. The van der Waals surface area contributed by atoms with Crippen molar-refractivity contribution < 1.29 is 14.4 Å². The Morgan fingerprint density at radius 1 is 1.00 bits per heavy atom. The predicted octanol–water partition coefficient (Wildman–Crippen LogP) is 7.66. The number of hydrogen-bond donors (Lipinski definition) is 1. The molecule has 0 unspecified atom stereocenters. The second kappa shape index (κ2) is 10.5. The van der Waals surface area contributed by atoms with Crippen LogP contribution in [-0.2, 0) is 21.4 Å². The molecule has 3 aromatic rings. The molecule has 216 valence electrons. The highest BCUT2D eigenvalue weighted by Gasteiger charge is 2.70. The SMILES string of the molecule is CCCCCc1ccc(C(=O)[C@@H]2[C@H](C(=O)C(C)(C)C)N3c4ccc(Cl)cc4C=C[C@H]3[C@]23C(=O)Nc2ccccc23)cc1. The molecule has 6 heteroatoms. The van der Waals surface area contributed by atoms with E-state index in [1.165, 1.54) is 5.56 Å². The van der Waals surface area contributed by atoms with Gasteiger partial charge in [0.25, 0.3) is 0 Å². The van der Waals surface area contributed by atoms with Crippen LogP contribution in [0, 0.1) is 11.3 Å². The highest BCUT2D eigenvalue weighted by Crippen LogP contribution is 2.58. The molecule has 3 aliphatic heterocycles. The maximum atomic E-state index is 14.9. The summed E-state index contributed by atoms with van der Waals surface area (Å²) in [6, 6.07) is 19.5. The van der Waals surface area contributed by atoms with E-state index in [0.29, 0.717) is 16.3 Å². The summed E-state index contributed by atoms with van der Waals surface area (Å²) in [5.41, 5.74) is 2.74. The molecular weight excluding hydrogens is 544 g/mol. The number of amides is 1. The minimum absolute atomic E-state index is 0.0766. The van der Waals surface area contributed by atoms with Crippen LogP contribution in [0.2, 0.25) is 5.02 Å². The second-order valence-corrected chi connectivity index (χ2v) is 13.3. The summed E-state index contributed by atoms with van der Waals surface area (Å²) in [5, 5.41) is 3.67. The van der Waals surface area contributed by atoms with Crippen molar-refractivity contribution in [1.82, 2.24) is 0 Å². The number of para-hydroxylation sites is 1. The Balaban J connectivity index is 1.57. The molecule has 3 heterocycles. The summed E-state index contributed by atoms with van der Waals surface area (Å²) in [5.74, 6) is -1.47. The topological polar surface area (TPSA) is 66.5 Å². The molecule has 1 N–H and O–H groups in total. The average Bonchev–Trinajstić information content (AvgIpc) is 3.44. The van der Waals surface area contributed by atoms with Crippen molar-refractivity contribution in [2.24, 2.45) is 11.3 Å². The van der Waals surface area contributed by atoms with Gasteiger partial charge in [-0.25, -0.2) is 0 Å². The summed E-state index contributed by atoms with van der Waals surface area (Å²) in [4.78, 5) is 45.8. The Labute approximate surface area is 253 Å². The number of halogens is 1. The van der Waals surface area contributed by atoms with Crippen LogP contribution in [0.1, 0.15) is 74.0 Å². The smallest absolute Gasteiger partial charge is 0.238 e. The standard InChI is InChI=1S/C36H37ClN2O3/c1-5-6-7-10-22-13-15-23(16-14-22)32(40)30-31(33(41)35(2,3)4)39-28-19-18-25(37)21-24(28)17-20-29(39)36(30)26-11-8-9-12-27(26)38-34(36)42/h8-9,11-21,29-31H,5-7,10H2,1-4H3,(H,38,42)/t29-,30-,31+,36-/m0/s1. The van der Waals surface area contributed by atoms with E-state index in [1.54, 1.807) is 6.07 Å². The molecule has 0 bridgehead atoms. The highest BCUT2D eigenvalue weighted by atomic mass is 35.5. The van der Waals surface area contributed by atoms with Crippen molar-refractivity contribution in [3.05, 3.63) is 100 Å². The Bertz CT molecular complexity index is 1600. The Morgan fingerprint density at radius 3 is 2.45 bits per heavy atom. The van der Waals surface area contributed by atoms with Gasteiger partial charge >= 0.3 is 0 Å². The number of ketones is 2. The van der Waals surface area contributed by atoms with E-state index in [-0.39, 0.29) is 17.5 Å². The van der Waals surface area contributed by atoms with E-state index in [2.05, 4.69) is 12.2 Å². The first-order chi connectivity index (χ1) is 20.1. The minimum Gasteiger partial charge on any atom is -0.352 e. The number of aryl methyl sites for hydroxylation is 1. The van der Waals surface area contributed by atoms with Crippen molar-refractivity contribution in [1.29, 1.82) is 0 Å². The average molecular weight is 581 g/mol. The summed E-state index contributed by atoms with van der Waals surface area (Å²) in [6.07, 6.45) is 8.31. The first kappa shape index (κ1) is 28.4. The van der Waals surface area contributed by atoms with Crippen LogP contribution in [0.3, 0.4) is 0 Å². The van der Waals surface area contributed by atoms with Crippen molar-refractivity contribution in [2.45, 2.75) is 70.9 Å². The van der Waals surface area contributed by atoms with Gasteiger partial charge in [0.05, 0.1) is 12.0 Å². The Hall–Kier alpha value is -3.70. The number of Topliss-reactive ketones (excluding diaryl/α,β-unsaturated/α-hetero) is 2. The quantitative estimate of drug-likeness (QED) is 0.230. The second-order valence-electron chi connectivity index (χ2n) is 12.8. The molecule has 1 saturated heterocycles. The highest BCUT2D eigenvalue weighted by molar-refractivity contribution is 6.31. The number of nitrogens with one attached hydrogen (secondary N) is 1.